The number of carbonyl (C=O) groups excluding carboxylic acids is 1. The fourth-order valence-corrected chi connectivity index (χ4v) is 2.75. The number of carboxylic acids is 1. The van der Waals surface area contributed by atoms with E-state index in [-0.39, 0.29) is 24.6 Å². The minimum atomic E-state index is -0.794. The zero-order chi connectivity index (χ0) is 22.2. The Morgan fingerprint density at radius 3 is 1.76 bits per heavy atom. The highest BCUT2D eigenvalue weighted by molar-refractivity contribution is 5.70. The van der Waals surface area contributed by atoms with Crippen LogP contribution in [0.25, 0.3) is 0 Å². The molecule has 6 nitrogen and oxygen atoms in total. The maximum atomic E-state index is 11.7. The van der Waals surface area contributed by atoms with Gasteiger partial charge in [0.2, 0.25) is 0 Å². The SMILES string of the molecule is COC(CC(=O)O)CC(C)C.COC(CC(=O)OCc1ccccc1)CC(C)C. The summed E-state index contributed by atoms with van der Waals surface area (Å²) < 4.78 is 15.5. The number of rotatable bonds is 12. The fourth-order valence-electron chi connectivity index (χ4n) is 2.75. The summed E-state index contributed by atoms with van der Waals surface area (Å²) in [5.74, 6) is 0.0000244. The van der Waals surface area contributed by atoms with Crippen LogP contribution < -0.4 is 0 Å². The van der Waals surface area contributed by atoms with Crippen LogP contribution in [0, 0.1) is 11.8 Å². The molecule has 0 fully saturated rings. The Labute approximate surface area is 175 Å². The molecule has 0 saturated heterocycles. The first-order valence-electron chi connectivity index (χ1n) is 10.1. The number of carbonyl (C=O) groups is 2. The molecular formula is C23H38O6. The van der Waals surface area contributed by atoms with Crippen molar-refractivity contribution >= 4 is 11.9 Å². The quantitative estimate of drug-likeness (QED) is 0.503. The number of esters is 1. The molecule has 0 aliphatic heterocycles. The highest BCUT2D eigenvalue weighted by Gasteiger charge is 2.16. The Hall–Kier alpha value is -1.92. The van der Waals surface area contributed by atoms with E-state index in [0.29, 0.717) is 24.9 Å². The molecule has 1 aromatic rings. The zero-order valence-corrected chi connectivity index (χ0v) is 18.7. The number of aliphatic carboxylic acids is 1. The van der Waals surface area contributed by atoms with E-state index in [4.69, 9.17) is 19.3 Å². The largest absolute Gasteiger partial charge is 0.481 e. The molecule has 1 rings (SSSR count). The topological polar surface area (TPSA) is 82.1 Å². The molecule has 0 spiro atoms. The first kappa shape index (κ1) is 27.1. The lowest BCUT2D eigenvalue weighted by Crippen LogP contribution is -2.19. The van der Waals surface area contributed by atoms with Crippen LogP contribution in [0.15, 0.2) is 30.3 Å². The predicted octanol–water partition coefficient (Wildman–Crippen LogP) is 4.70. The second kappa shape index (κ2) is 15.9. The Morgan fingerprint density at radius 2 is 1.34 bits per heavy atom. The van der Waals surface area contributed by atoms with E-state index in [2.05, 4.69) is 13.8 Å². The summed E-state index contributed by atoms with van der Waals surface area (Å²) in [4.78, 5) is 21.9. The van der Waals surface area contributed by atoms with E-state index >= 15 is 0 Å². The number of hydrogen-bond donors (Lipinski definition) is 1. The van der Waals surface area contributed by atoms with Gasteiger partial charge < -0.3 is 19.3 Å². The lowest BCUT2D eigenvalue weighted by atomic mass is 10.0. The summed E-state index contributed by atoms with van der Waals surface area (Å²) in [5.41, 5.74) is 1.00. The summed E-state index contributed by atoms with van der Waals surface area (Å²) in [6.45, 7) is 8.65. The van der Waals surface area contributed by atoms with Crippen LogP contribution in [0.4, 0.5) is 0 Å². The molecule has 0 aliphatic carbocycles. The van der Waals surface area contributed by atoms with Crippen molar-refractivity contribution in [2.75, 3.05) is 14.2 Å². The molecule has 1 aromatic carbocycles. The monoisotopic (exact) mass is 410 g/mol. The molecule has 0 aliphatic rings. The number of ether oxygens (including phenoxy) is 3. The lowest BCUT2D eigenvalue weighted by molar-refractivity contribution is -0.148. The summed E-state index contributed by atoms with van der Waals surface area (Å²) in [6, 6.07) is 9.68. The molecule has 29 heavy (non-hydrogen) atoms. The van der Waals surface area contributed by atoms with E-state index in [1.807, 2.05) is 44.2 Å². The maximum absolute atomic E-state index is 11.7. The molecule has 2 atom stereocenters. The van der Waals surface area contributed by atoms with Gasteiger partial charge in [0.05, 0.1) is 25.0 Å². The third-order valence-corrected chi connectivity index (χ3v) is 4.17. The molecule has 166 valence electrons. The van der Waals surface area contributed by atoms with Crippen LogP contribution in [0.3, 0.4) is 0 Å². The van der Waals surface area contributed by atoms with E-state index in [1.165, 1.54) is 0 Å². The smallest absolute Gasteiger partial charge is 0.308 e. The molecule has 6 heteroatoms. The minimum absolute atomic E-state index is 0.0479. The van der Waals surface area contributed by atoms with Gasteiger partial charge in [0.15, 0.2) is 0 Å². The van der Waals surface area contributed by atoms with Gasteiger partial charge in [-0.2, -0.15) is 0 Å². The van der Waals surface area contributed by atoms with Crippen molar-refractivity contribution in [2.45, 2.75) is 72.2 Å². The van der Waals surface area contributed by atoms with Crippen LogP contribution in [0.1, 0.15) is 58.9 Å². The fraction of sp³-hybridized carbons (Fsp3) is 0.652. The van der Waals surface area contributed by atoms with Gasteiger partial charge in [-0.3, -0.25) is 9.59 Å². The van der Waals surface area contributed by atoms with Crippen molar-refractivity contribution in [3.63, 3.8) is 0 Å². The van der Waals surface area contributed by atoms with Crippen molar-refractivity contribution in [3.05, 3.63) is 35.9 Å². The van der Waals surface area contributed by atoms with E-state index in [1.54, 1.807) is 14.2 Å². The Kier molecular flexibility index (Phi) is 14.9. The molecule has 0 bridgehead atoms. The van der Waals surface area contributed by atoms with Crippen molar-refractivity contribution in [1.82, 2.24) is 0 Å². The van der Waals surface area contributed by atoms with E-state index in [0.717, 1.165) is 18.4 Å². The second-order valence-corrected chi connectivity index (χ2v) is 7.92. The Balaban J connectivity index is 0.000000614. The first-order valence-corrected chi connectivity index (χ1v) is 10.1. The first-order chi connectivity index (χ1) is 13.7. The summed E-state index contributed by atoms with van der Waals surface area (Å²) in [7, 11) is 3.19. The van der Waals surface area contributed by atoms with Crippen LogP contribution >= 0.6 is 0 Å². The van der Waals surface area contributed by atoms with Gasteiger partial charge in [0, 0.05) is 14.2 Å². The van der Waals surface area contributed by atoms with Gasteiger partial charge >= 0.3 is 11.9 Å². The number of hydrogen-bond acceptors (Lipinski definition) is 5. The van der Waals surface area contributed by atoms with Crippen LogP contribution in [0.2, 0.25) is 0 Å². The molecule has 0 radical (unpaired) electrons. The van der Waals surface area contributed by atoms with Crippen LogP contribution in [-0.4, -0.2) is 43.5 Å². The zero-order valence-electron chi connectivity index (χ0n) is 18.7. The molecular weight excluding hydrogens is 372 g/mol. The Bertz CT molecular complexity index is 556. The van der Waals surface area contributed by atoms with Gasteiger partial charge in [-0.25, -0.2) is 0 Å². The van der Waals surface area contributed by atoms with E-state index < -0.39 is 5.97 Å². The molecule has 0 heterocycles. The number of methoxy groups -OCH3 is 2. The highest BCUT2D eigenvalue weighted by Crippen LogP contribution is 2.12. The van der Waals surface area contributed by atoms with Gasteiger partial charge in [-0.15, -0.1) is 0 Å². The van der Waals surface area contributed by atoms with Gasteiger partial charge in [0.25, 0.3) is 0 Å². The van der Waals surface area contributed by atoms with Gasteiger partial charge in [0.1, 0.15) is 6.61 Å². The minimum Gasteiger partial charge on any atom is -0.481 e. The summed E-state index contributed by atoms with van der Waals surface area (Å²) in [5, 5.41) is 8.45. The van der Waals surface area contributed by atoms with E-state index in [9.17, 15) is 9.59 Å². The van der Waals surface area contributed by atoms with Gasteiger partial charge in [-0.05, 0) is 30.2 Å². The highest BCUT2D eigenvalue weighted by atomic mass is 16.5. The van der Waals surface area contributed by atoms with Crippen molar-refractivity contribution in [2.24, 2.45) is 11.8 Å². The lowest BCUT2D eigenvalue weighted by Gasteiger charge is -2.16. The third kappa shape index (κ3) is 15.7. The molecule has 1 N–H and O–H groups in total. The molecule has 0 aromatic heterocycles. The van der Waals surface area contributed by atoms with Crippen molar-refractivity contribution in [1.29, 1.82) is 0 Å². The van der Waals surface area contributed by atoms with Crippen LogP contribution in [0.5, 0.6) is 0 Å². The third-order valence-electron chi connectivity index (χ3n) is 4.17. The van der Waals surface area contributed by atoms with Crippen molar-refractivity contribution < 1.29 is 28.9 Å². The summed E-state index contributed by atoms with van der Waals surface area (Å²) >= 11 is 0. The van der Waals surface area contributed by atoms with Crippen LogP contribution in [-0.2, 0) is 30.4 Å². The average Bonchev–Trinajstić information content (AvgIpc) is 2.65. The number of benzene rings is 1. The Morgan fingerprint density at radius 1 is 0.862 bits per heavy atom. The molecule has 0 amide bonds. The normalized spacial score (nSPS) is 12.8. The standard InChI is InChI=1S/C15H22O3.C8H16O3/c1-12(2)9-14(17-3)10-15(16)18-11-13-7-5-4-6-8-13;1-6(2)4-7(11-3)5-8(9)10/h4-8,12,14H,9-11H2,1-3H3;6-7H,4-5H2,1-3H3,(H,9,10). The summed E-state index contributed by atoms with van der Waals surface area (Å²) in [6.07, 6.45) is 1.93. The molecule has 0 saturated carbocycles. The van der Waals surface area contributed by atoms with Gasteiger partial charge in [-0.1, -0.05) is 58.0 Å². The average molecular weight is 411 g/mol. The number of carboxylic acid groups (broad SMARTS) is 1. The predicted molar refractivity (Wildman–Crippen MR) is 114 cm³/mol. The second-order valence-electron chi connectivity index (χ2n) is 7.92. The maximum Gasteiger partial charge on any atom is 0.308 e. The van der Waals surface area contributed by atoms with Crippen molar-refractivity contribution in [3.8, 4) is 0 Å². The molecule has 2 unspecified atom stereocenters.